The average molecular weight is 420 g/mol. The lowest BCUT2D eigenvalue weighted by molar-refractivity contribution is 0.0863. The number of likely N-dealkylation sites (N-methyl/N-ethyl adjacent to an activating group) is 1. The minimum atomic E-state index is -3.97. The van der Waals surface area contributed by atoms with Crippen LogP contribution in [-0.4, -0.2) is 42.6 Å². The summed E-state index contributed by atoms with van der Waals surface area (Å²) in [6, 6.07) is 0. The van der Waals surface area contributed by atoms with Gasteiger partial charge in [-0.05, 0) is 26.4 Å². The summed E-state index contributed by atoms with van der Waals surface area (Å²) in [5, 5.41) is 0. The summed E-state index contributed by atoms with van der Waals surface area (Å²) in [5.74, 6) is 0. The lowest BCUT2D eigenvalue weighted by atomic mass is 10.0. The standard InChI is InChI=1S/C22H46NO4P/c1-3-23(2)20-21-26-28(24,25)27-22-18-16-14-12-10-8-6-4-5-7-9-11-13-15-17-19-22/h22H,3-21H2,1-2H3,(H,24,25). The van der Waals surface area contributed by atoms with E-state index in [4.69, 9.17) is 9.05 Å². The first-order valence-corrected chi connectivity index (χ1v) is 13.4. The van der Waals surface area contributed by atoms with E-state index in [0.29, 0.717) is 6.54 Å². The molecule has 0 aromatic heterocycles. The topological polar surface area (TPSA) is 59.0 Å². The van der Waals surface area contributed by atoms with Crippen LogP contribution in [0.5, 0.6) is 0 Å². The first kappa shape index (κ1) is 26.1. The third kappa shape index (κ3) is 15.0. The highest BCUT2D eigenvalue weighted by Gasteiger charge is 2.26. The van der Waals surface area contributed by atoms with Gasteiger partial charge in [-0.15, -0.1) is 0 Å². The van der Waals surface area contributed by atoms with Gasteiger partial charge in [0.05, 0.1) is 12.7 Å². The van der Waals surface area contributed by atoms with Gasteiger partial charge in [-0.1, -0.05) is 96.8 Å². The van der Waals surface area contributed by atoms with E-state index < -0.39 is 7.82 Å². The van der Waals surface area contributed by atoms with Crippen LogP contribution in [-0.2, 0) is 13.6 Å². The molecule has 1 unspecified atom stereocenters. The van der Waals surface area contributed by atoms with Gasteiger partial charge in [0.2, 0.25) is 0 Å². The number of phosphoric acid groups is 1. The molecule has 0 spiro atoms. The summed E-state index contributed by atoms with van der Waals surface area (Å²) in [4.78, 5) is 12.2. The van der Waals surface area contributed by atoms with E-state index in [1.165, 1.54) is 77.0 Å². The lowest BCUT2D eigenvalue weighted by Crippen LogP contribution is -2.22. The Bertz CT molecular complexity index is 390. The second-order valence-electron chi connectivity index (χ2n) is 8.45. The van der Waals surface area contributed by atoms with Gasteiger partial charge in [0.1, 0.15) is 0 Å². The molecule has 0 bridgehead atoms. The SMILES string of the molecule is CCN(C)CCOP(=O)(O)OC1CCCCCCCCCCCCCCCC1. The molecule has 1 rings (SSSR count). The Labute approximate surface area is 174 Å². The van der Waals surface area contributed by atoms with Crippen molar-refractivity contribution in [3.05, 3.63) is 0 Å². The molecule has 1 N–H and O–H groups in total. The van der Waals surface area contributed by atoms with Crippen LogP contribution in [0.15, 0.2) is 0 Å². The quantitative estimate of drug-likeness (QED) is 0.466. The van der Waals surface area contributed by atoms with Crippen molar-refractivity contribution in [1.82, 2.24) is 4.90 Å². The van der Waals surface area contributed by atoms with E-state index in [0.717, 1.165) is 32.2 Å². The Morgan fingerprint density at radius 1 is 0.821 bits per heavy atom. The first-order chi connectivity index (χ1) is 13.5. The molecule has 5 nitrogen and oxygen atoms in total. The molecule has 1 saturated carbocycles. The summed E-state index contributed by atoms with van der Waals surface area (Å²) >= 11 is 0. The van der Waals surface area contributed by atoms with Gasteiger partial charge in [0.15, 0.2) is 0 Å². The Morgan fingerprint density at radius 2 is 1.21 bits per heavy atom. The summed E-state index contributed by atoms with van der Waals surface area (Å²) in [5.41, 5.74) is 0. The molecule has 0 aromatic rings. The molecule has 0 aliphatic heterocycles. The zero-order valence-electron chi connectivity index (χ0n) is 18.6. The van der Waals surface area contributed by atoms with Gasteiger partial charge >= 0.3 is 7.82 Å². The summed E-state index contributed by atoms with van der Waals surface area (Å²) < 4.78 is 23.1. The molecule has 0 aromatic carbocycles. The summed E-state index contributed by atoms with van der Waals surface area (Å²) in [7, 11) is -2.00. The van der Waals surface area contributed by atoms with Crippen molar-refractivity contribution in [2.45, 2.75) is 116 Å². The molecule has 1 atom stereocenters. The third-order valence-corrected chi connectivity index (χ3v) is 6.93. The Balaban J connectivity index is 2.41. The molecule has 1 aliphatic carbocycles. The summed E-state index contributed by atoms with van der Waals surface area (Å²) in [6.07, 6.45) is 19.5. The Morgan fingerprint density at radius 3 is 1.61 bits per heavy atom. The van der Waals surface area contributed by atoms with E-state index in [9.17, 15) is 9.46 Å². The van der Waals surface area contributed by atoms with Gasteiger partial charge in [-0.3, -0.25) is 9.05 Å². The van der Waals surface area contributed by atoms with Gasteiger partial charge < -0.3 is 9.79 Å². The van der Waals surface area contributed by atoms with Gasteiger partial charge in [-0.25, -0.2) is 4.57 Å². The molecule has 0 amide bonds. The monoisotopic (exact) mass is 419 g/mol. The predicted octanol–water partition coefficient (Wildman–Crippen LogP) is 6.70. The van der Waals surface area contributed by atoms with Crippen LogP contribution in [0.3, 0.4) is 0 Å². The van der Waals surface area contributed by atoms with E-state index in [1.807, 2.05) is 7.05 Å². The van der Waals surface area contributed by atoms with Crippen LogP contribution in [0.4, 0.5) is 0 Å². The molecule has 0 radical (unpaired) electrons. The van der Waals surface area contributed by atoms with Gasteiger partial charge in [0.25, 0.3) is 0 Å². The van der Waals surface area contributed by atoms with Crippen molar-refractivity contribution in [1.29, 1.82) is 0 Å². The fourth-order valence-electron chi connectivity index (χ4n) is 3.80. The number of hydrogen-bond acceptors (Lipinski definition) is 4. The zero-order valence-corrected chi connectivity index (χ0v) is 19.5. The minimum absolute atomic E-state index is 0.157. The fourth-order valence-corrected chi connectivity index (χ4v) is 4.76. The fraction of sp³-hybridized carbons (Fsp3) is 1.00. The number of nitrogens with zero attached hydrogens (tertiary/aromatic N) is 1. The average Bonchev–Trinajstić information content (AvgIpc) is 2.66. The Kier molecular flexibility index (Phi) is 15.7. The molecule has 1 fully saturated rings. The van der Waals surface area contributed by atoms with Crippen LogP contribution in [0.1, 0.15) is 110 Å². The Hall–Kier alpha value is 0.0700. The van der Waals surface area contributed by atoms with Gasteiger partial charge in [-0.2, -0.15) is 0 Å². The normalized spacial score (nSPS) is 22.6. The van der Waals surface area contributed by atoms with Crippen molar-refractivity contribution in [2.75, 3.05) is 26.7 Å². The molecule has 168 valence electrons. The smallest absolute Gasteiger partial charge is 0.304 e. The molecule has 28 heavy (non-hydrogen) atoms. The van der Waals surface area contributed by atoms with Crippen LogP contribution in [0.2, 0.25) is 0 Å². The van der Waals surface area contributed by atoms with E-state index in [1.54, 1.807) is 0 Å². The highest BCUT2D eigenvalue weighted by molar-refractivity contribution is 7.47. The highest BCUT2D eigenvalue weighted by atomic mass is 31.2. The van der Waals surface area contributed by atoms with Crippen molar-refractivity contribution >= 4 is 7.82 Å². The first-order valence-electron chi connectivity index (χ1n) is 11.9. The van der Waals surface area contributed by atoms with Crippen molar-refractivity contribution in [3.8, 4) is 0 Å². The number of rotatable bonds is 7. The minimum Gasteiger partial charge on any atom is -0.304 e. The maximum atomic E-state index is 12.3. The maximum absolute atomic E-state index is 12.3. The second kappa shape index (κ2) is 16.8. The molecular weight excluding hydrogens is 373 g/mol. The second-order valence-corrected chi connectivity index (χ2v) is 9.86. The molecular formula is C22H46NO4P. The summed E-state index contributed by atoms with van der Waals surface area (Å²) in [6.45, 7) is 3.80. The maximum Gasteiger partial charge on any atom is 0.472 e. The molecule has 1 aliphatic rings. The highest BCUT2D eigenvalue weighted by Crippen LogP contribution is 2.46. The number of hydrogen-bond donors (Lipinski definition) is 1. The van der Waals surface area contributed by atoms with Crippen molar-refractivity contribution in [3.63, 3.8) is 0 Å². The van der Waals surface area contributed by atoms with Crippen LogP contribution in [0.25, 0.3) is 0 Å². The van der Waals surface area contributed by atoms with Crippen molar-refractivity contribution < 1.29 is 18.5 Å². The van der Waals surface area contributed by atoms with E-state index in [2.05, 4.69) is 11.8 Å². The molecule has 0 saturated heterocycles. The van der Waals surface area contributed by atoms with Crippen LogP contribution in [0, 0.1) is 0 Å². The zero-order chi connectivity index (χ0) is 20.5. The lowest BCUT2D eigenvalue weighted by Gasteiger charge is -2.22. The van der Waals surface area contributed by atoms with E-state index in [-0.39, 0.29) is 12.7 Å². The third-order valence-electron chi connectivity index (χ3n) is 5.85. The van der Waals surface area contributed by atoms with Crippen LogP contribution < -0.4 is 0 Å². The predicted molar refractivity (Wildman–Crippen MR) is 118 cm³/mol. The van der Waals surface area contributed by atoms with Gasteiger partial charge in [0, 0.05) is 6.54 Å². The van der Waals surface area contributed by atoms with Crippen LogP contribution >= 0.6 is 7.82 Å². The molecule has 0 heterocycles. The number of phosphoric ester groups is 1. The largest absolute Gasteiger partial charge is 0.472 e. The molecule has 6 heteroatoms. The van der Waals surface area contributed by atoms with Crippen molar-refractivity contribution in [2.24, 2.45) is 0 Å². The van der Waals surface area contributed by atoms with E-state index >= 15 is 0 Å².